The first-order valence-corrected chi connectivity index (χ1v) is 6.65. The van der Waals surface area contributed by atoms with Gasteiger partial charge in [0.15, 0.2) is 0 Å². The second-order valence-electron chi connectivity index (χ2n) is 5.08. The van der Waals surface area contributed by atoms with Gasteiger partial charge in [0.1, 0.15) is 0 Å². The molecule has 0 aliphatic carbocycles. The fourth-order valence-corrected chi connectivity index (χ4v) is 2.27. The zero-order chi connectivity index (χ0) is 14.8. The molecule has 20 heavy (non-hydrogen) atoms. The van der Waals surface area contributed by atoms with Crippen molar-refractivity contribution in [3.8, 4) is 0 Å². The SMILES string of the molecule is CCC(CO)(CO)NC(=O)c1cn(C)c2ccccc12. The van der Waals surface area contributed by atoms with Gasteiger partial charge in [-0.15, -0.1) is 0 Å². The Hall–Kier alpha value is -1.85. The van der Waals surface area contributed by atoms with Crippen molar-refractivity contribution in [2.75, 3.05) is 13.2 Å². The van der Waals surface area contributed by atoms with Crippen LogP contribution in [-0.2, 0) is 7.05 Å². The van der Waals surface area contributed by atoms with Crippen LogP contribution in [0.15, 0.2) is 30.5 Å². The molecule has 0 saturated heterocycles. The van der Waals surface area contributed by atoms with Crippen molar-refractivity contribution in [3.05, 3.63) is 36.0 Å². The number of benzene rings is 1. The van der Waals surface area contributed by atoms with Gasteiger partial charge in [0.05, 0.1) is 24.3 Å². The molecule has 0 unspecified atom stereocenters. The van der Waals surface area contributed by atoms with Crippen molar-refractivity contribution in [2.45, 2.75) is 18.9 Å². The maximum absolute atomic E-state index is 12.4. The third kappa shape index (κ3) is 2.42. The topological polar surface area (TPSA) is 74.5 Å². The second-order valence-corrected chi connectivity index (χ2v) is 5.08. The van der Waals surface area contributed by atoms with Crippen molar-refractivity contribution < 1.29 is 15.0 Å². The minimum Gasteiger partial charge on any atom is -0.394 e. The predicted octanol–water partition coefficient (Wildman–Crippen LogP) is 1.04. The summed E-state index contributed by atoms with van der Waals surface area (Å²) in [5.74, 6) is -0.285. The quantitative estimate of drug-likeness (QED) is 0.764. The fourth-order valence-electron chi connectivity index (χ4n) is 2.27. The molecule has 0 aliphatic rings. The molecule has 0 fully saturated rings. The number of carbonyl (C=O) groups excluding carboxylic acids is 1. The number of carbonyl (C=O) groups is 1. The molecule has 1 heterocycles. The van der Waals surface area contributed by atoms with Gasteiger partial charge in [0.2, 0.25) is 0 Å². The zero-order valence-electron chi connectivity index (χ0n) is 11.8. The number of aromatic nitrogens is 1. The van der Waals surface area contributed by atoms with E-state index in [4.69, 9.17) is 0 Å². The smallest absolute Gasteiger partial charge is 0.254 e. The third-order valence-electron chi connectivity index (χ3n) is 3.80. The third-order valence-corrected chi connectivity index (χ3v) is 3.80. The van der Waals surface area contributed by atoms with E-state index in [1.165, 1.54) is 0 Å². The molecular formula is C15H20N2O3. The van der Waals surface area contributed by atoms with Gasteiger partial charge in [-0.1, -0.05) is 25.1 Å². The van der Waals surface area contributed by atoms with Crippen molar-refractivity contribution in [1.29, 1.82) is 0 Å². The van der Waals surface area contributed by atoms with Crippen LogP contribution in [0.3, 0.4) is 0 Å². The molecule has 0 bridgehead atoms. The average molecular weight is 276 g/mol. The molecule has 1 amide bonds. The van der Waals surface area contributed by atoms with Crippen LogP contribution >= 0.6 is 0 Å². The number of nitrogens with one attached hydrogen (secondary N) is 1. The Morgan fingerprint density at radius 1 is 1.30 bits per heavy atom. The van der Waals surface area contributed by atoms with E-state index in [-0.39, 0.29) is 19.1 Å². The molecule has 1 aromatic carbocycles. The summed E-state index contributed by atoms with van der Waals surface area (Å²) in [6.07, 6.45) is 2.21. The summed E-state index contributed by atoms with van der Waals surface area (Å²) in [6, 6.07) is 7.62. The predicted molar refractivity (Wildman–Crippen MR) is 77.6 cm³/mol. The second kappa shape index (κ2) is 5.64. The Bertz CT molecular complexity index is 606. The van der Waals surface area contributed by atoms with Gasteiger partial charge in [-0.2, -0.15) is 0 Å². The molecule has 3 N–H and O–H groups in total. The van der Waals surface area contributed by atoms with Crippen LogP contribution in [0.5, 0.6) is 0 Å². The number of aryl methyl sites for hydroxylation is 1. The highest BCUT2D eigenvalue weighted by Gasteiger charge is 2.29. The molecule has 0 radical (unpaired) electrons. The number of fused-ring (bicyclic) bond motifs is 1. The molecule has 5 heteroatoms. The van der Waals surface area contributed by atoms with E-state index in [2.05, 4.69) is 5.32 Å². The minimum absolute atomic E-state index is 0.285. The average Bonchev–Trinajstić information content (AvgIpc) is 2.83. The lowest BCUT2D eigenvalue weighted by atomic mass is 9.97. The first kappa shape index (κ1) is 14.6. The number of hydrogen-bond donors (Lipinski definition) is 3. The molecular weight excluding hydrogens is 256 g/mol. The van der Waals surface area contributed by atoms with Gasteiger partial charge >= 0.3 is 0 Å². The van der Waals surface area contributed by atoms with E-state index >= 15 is 0 Å². The zero-order valence-corrected chi connectivity index (χ0v) is 11.8. The van der Waals surface area contributed by atoms with Crippen molar-refractivity contribution in [3.63, 3.8) is 0 Å². The van der Waals surface area contributed by atoms with Crippen LogP contribution in [0.2, 0.25) is 0 Å². The first-order valence-electron chi connectivity index (χ1n) is 6.65. The Morgan fingerprint density at radius 2 is 1.95 bits per heavy atom. The lowest BCUT2D eigenvalue weighted by Gasteiger charge is -2.29. The number of rotatable bonds is 5. The summed E-state index contributed by atoms with van der Waals surface area (Å²) in [4.78, 5) is 12.4. The Morgan fingerprint density at radius 3 is 2.55 bits per heavy atom. The van der Waals surface area contributed by atoms with Gasteiger partial charge < -0.3 is 20.1 Å². The molecule has 2 rings (SSSR count). The van der Waals surface area contributed by atoms with Gasteiger partial charge in [0, 0.05) is 24.1 Å². The standard InChI is InChI=1S/C15H20N2O3/c1-3-15(9-18,10-19)16-14(20)12-8-17(2)13-7-5-4-6-11(12)13/h4-8,18-19H,3,9-10H2,1-2H3,(H,16,20). The molecule has 0 aliphatic heterocycles. The summed E-state index contributed by atoms with van der Waals surface area (Å²) < 4.78 is 1.88. The number of amides is 1. The molecule has 5 nitrogen and oxygen atoms in total. The lowest BCUT2D eigenvalue weighted by Crippen LogP contribution is -2.53. The highest BCUT2D eigenvalue weighted by atomic mass is 16.3. The summed E-state index contributed by atoms with van der Waals surface area (Å²) in [7, 11) is 1.88. The normalized spacial score (nSPS) is 11.8. The lowest BCUT2D eigenvalue weighted by molar-refractivity contribution is 0.0654. The highest BCUT2D eigenvalue weighted by molar-refractivity contribution is 6.07. The van der Waals surface area contributed by atoms with E-state index in [9.17, 15) is 15.0 Å². The van der Waals surface area contributed by atoms with E-state index in [1.807, 2.05) is 42.8 Å². The van der Waals surface area contributed by atoms with Crippen LogP contribution < -0.4 is 5.32 Å². The van der Waals surface area contributed by atoms with Gasteiger partial charge in [-0.05, 0) is 12.5 Å². The highest BCUT2D eigenvalue weighted by Crippen LogP contribution is 2.21. The molecule has 108 valence electrons. The van der Waals surface area contributed by atoms with Crippen molar-refractivity contribution >= 4 is 16.8 Å². The summed E-state index contributed by atoms with van der Waals surface area (Å²) in [5.41, 5.74) is 0.532. The molecule has 0 atom stereocenters. The molecule has 2 aromatic rings. The fraction of sp³-hybridized carbons (Fsp3) is 0.400. The van der Waals surface area contributed by atoms with E-state index < -0.39 is 5.54 Å². The number of aliphatic hydroxyl groups excluding tert-OH is 2. The largest absolute Gasteiger partial charge is 0.394 e. The van der Waals surface area contributed by atoms with E-state index in [1.54, 1.807) is 6.20 Å². The summed E-state index contributed by atoms with van der Waals surface area (Å²) >= 11 is 0. The number of nitrogens with zero attached hydrogens (tertiary/aromatic N) is 1. The van der Waals surface area contributed by atoms with Gasteiger partial charge in [0.25, 0.3) is 5.91 Å². The van der Waals surface area contributed by atoms with Crippen molar-refractivity contribution in [1.82, 2.24) is 9.88 Å². The number of aliphatic hydroxyl groups is 2. The summed E-state index contributed by atoms with van der Waals surface area (Å²) in [5, 5.41) is 22.4. The molecule has 1 aromatic heterocycles. The van der Waals surface area contributed by atoms with Crippen molar-refractivity contribution in [2.24, 2.45) is 7.05 Å². The molecule has 0 saturated carbocycles. The first-order chi connectivity index (χ1) is 9.56. The van der Waals surface area contributed by atoms with Crippen LogP contribution in [0, 0.1) is 0 Å². The molecule has 0 spiro atoms. The van der Waals surface area contributed by atoms with Crippen LogP contribution in [0.1, 0.15) is 23.7 Å². The van der Waals surface area contributed by atoms with Gasteiger partial charge in [-0.3, -0.25) is 4.79 Å². The summed E-state index contributed by atoms with van der Waals surface area (Å²) in [6.45, 7) is 1.23. The van der Waals surface area contributed by atoms with E-state index in [0.29, 0.717) is 12.0 Å². The number of para-hydroxylation sites is 1. The maximum Gasteiger partial charge on any atom is 0.254 e. The number of hydrogen-bond acceptors (Lipinski definition) is 3. The monoisotopic (exact) mass is 276 g/mol. The Labute approximate surface area is 117 Å². The van der Waals surface area contributed by atoms with Crippen LogP contribution in [0.25, 0.3) is 10.9 Å². The van der Waals surface area contributed by atoms with Gasteiger partial charge in [-0.25, -0.2) is 0 Å². The maximum atomic E-state index is 12.4. The minimum atomic E-state index is -0.978. The van der Waals surface area contributed by atoms with Crippen LogP contribution in [0.4, 0.5) is 0 Å². The van der Waals surface area contributed by atoms with E-state index in [0.717, 1.165) is 10.9 Å². The Kier molecular flexibility index (Phi) is 4.11. The van der Waals surface area contributed by atoms with Crippen LogP contribution in [-0.4, -0.2) is 39.4 Å². The Balaban J connectivity index is 2.37.